The fourth-order valence-corrected chi connectivity index (χ4v) is 2.72. The first-order chi connectivity index (χ1) is 11.1. The second kappa shape index (κ2) is 5.01. The molecule has 2 aromatic carbocycles. The number of imidazole rings is 1. The van der Waals surface area contributed by atoms with E-state index >= 15 is 0 Å². The lowest BCUT2D eigenvalue weighted by Gasteiger charge is -1.99. The Balaban J connectivity index is 1.70. The van der Waals surface area contributed by atoms with Crippen LogP contribution >= 0.6 is 0 Å². The Morgan fingerprint density at radius 1 is 1.00 bits per heavy atom. The third kappa shape index (κ3) is 2.19. The quantitative estimate of drug-likeness (QED) is 0.683. The summed E-state index contributed by atoms with van der Waals surface area (Å²) in [5.74, 6) is 1.48. The fraction of sp³-hybridized carbons (Fsp3) is 0.176. The molecule has 1 aliphatic rings. The monoisotopic (exact) mass is 309 g/mol. The van der Waals surface area contributed by atoms with Crippen LogP contribution in [0.1, 0.15) is 5.56 Å². The van der Waals surface area contributed by atoms with Gasteiger partial charge < -0.3 is 9.47 Å². The molecule has 0 saturated heterocycles. The summed E-state index contributed by atoms with van der Waals surface area (Å²) in [6.45, 7) is 0.259. The normalized spacial score (nSPS) is 13.3. The molecular weight excluding hydrogens is 294 g/mol. The van der Waals surface area contributed by atoms with Gasteiger partial charge in [-0.25, -0.2) is 4.79 Å². The molecule has 0 radical (unpaired) electrons. The molecule has 0 amide bonds. The van der Waals surface area contributed by atoms with Crippen molar-refractivity contribution in [1.29, 1.82) is 0 Å². The van der Waals surface area contributed by atoms with Crippen molar-refractivity contribution in [3.8, 4) is 11.5 Å². The van der Waals surface area contributed by atoms with E-state index in [1.165, 1.54) is 0 Å². The third-order valence-electron chi connectivity index (χ3n) is 4.01. The minimum atomic E-state index is -0.0445. The van der Waals surface area contributed by atoms with Gasteiger partial charge in [0.15, 0.2) is 11.5 Å². The first-order valence-corrected chi connectivity index (χ1v) is 7.23. The van der Waals surface area contributed by atoms with Crippen LogP contribution < -0.4 is 15.2 Å². The number of ether oxygens (including phenoxy) is 2. The Hall–Kier alpha value is -3.02. The number of fused-ring (bicyclic) bond motifs is 2. The van der Waals surface area contributed by atoms with Gasteiger partial charge in [-0.05, 0) is 42.0 Å². The molecule has 6 heteroatoms. The van der Waals surface area contributed by atoms with Crippen LogP contribution in [0.3, 0.4) is 0 Å². The number of benzene rings is 2. The average molecular weight is 309 g/mol. The van der Waals surface area contributed by atoms with E-state index in [0.717, 1.165) is 33.8 Å². The second-order valence-electron chi connectivity index (χ2n) is 5.44. The molecule has 0 unspecified atom stereocenters. The van der Waals surface area contributed by atoms with Gasteiger partial charge in [-0.15, -0.1) is 0 Å². The molecule has 4 rings (SSSR count). The summed E-state index contributed by atoms with van der Waals surface area (Å²) in [6.07, 6.45) is 1.77. The maximum atomic E-state index is 11.9. The van der Waals surface area contributed by atoms with Crippen molar-refractivity contribution in [3.05, 3.63) is 52.4 Å². The highest BCUT2D eigenvalue weighted by Crippen LogP contribution is 2.32. The molecule has 2 heterocycles. The van der Waals surface area contributed by atoms with Crippen molar-refractivity contribution in [2.24, 2.45) is 19.1 Å². The zero-order valence-electron chi connectivity index (χ0n) is 12.8. The van der Waals surface area contributed by atoms with Crippen LogP contribution in [0.25, 0.3) is 11.0 Å². The smallest absolute Gasteiger partial charge is 0.328 e. The first kappa shape index (κ1) is 13.6. The maximum absolute atomic E-state index is 11.9. The van der Waals surface area contributed by atoms with Crippen LogP contribution in [0, 0.1) is 0 Å². The second-order valence-corrected chi connectivity index (χ2v) is 5.44. The summed E-state index contributed by atoms with van der Waals surface area (Å²) >= 11 is 0. The van der Waals surface area contributed by atoms with Crippen molar-refractivity contribution in [3.63, 3.8) is 0 Å². The summed E-state index contributed by atoms with van der Waals surface area (Å²) < 4.78 is 13.9. The van der Waals surface area contributed by atoms with Crippen LogP contribution in [0.4, 0.5) is 5.69 Å². The number of aryl methyl sites for hydroxylation is 2. The van der Waals surface area contributed by atoms with E-state index in [2.05, 4.69) is 4.99 Å². The minimum Gasteiger partial charge on any atom is -0.454 e. The lowest BCUT2D eigenvalue weighted by molar-refractivity contribution is 0.174. The molecule has 116 valence electrons. The van der Waals surface area contributed by atoms with Gasteiger partial charge in [-0.3, -0.25) is 14.1 Å². The zero-order valence-corrected chi connectivity index (χ0v) is 12.8. The van der Waals surface area contributed by atoms with E-state index in [-0.39, 0.29) is 12.5 Å². The van der Waals surface area contributed by atoms with Crippen molar-refractivity contribution in [1.82, 2.24) is 9.13 Å². The summed E-state index contributed by atoms with van der Waals surface area (Å²) in [5.41, 5.74) is 3.42. The highest BCUT2D eigenvalue weighted by molar-refractivity contribution is 5.85. The third-order valence-corrected chi connectivity index (χ3v) is 4.01. The summed E-state index contributed by atoms with van der Waals surface area (Å²) in [4.78, 5) is 16.4. The Morgan fingerprint density at radius 2 is 1.78 bits per heavy atom. The van der Waals surface area contributed by atoms with E-state index in [9.17, 15) is 4.79 Å². The number of hydrogen-bond acceptors (Lipinski definition) is 4. The topological polar surface area (TPSA) is 57.8 Å². The van der Waals surface area contributed by atoms with Gasteiger partial charge in [-0.2, -0.15) is 0 Å². The molecule has 0 spiro atoms. The lowest BCUT2D eigenvalue weighted by Crippen LogP contribution is -2.19. The number of aromatic nitrogens is 2. The largest absolute Gasteiger partial charge is 0.454 e. The van der Waals surface area contributed by atoms with Gasteiger partial charge in [0.1, 0.15) is 0 Å². The van der Waals surface area contributed by atoms with Gasteiger partial charge >= 0.3 is 5.69 Å². The Kier molecular flexibility index (Phi) is 2.97. The molecule has 0 atom stereocenters. The number of rotatable bonds is 2. The molecule has 1 aromatic heterocycles. The van der Waals surface area contributed by atoms with Gasteiger partial charge in [0.05, 0.1) is 16.7 Å². The lowest BCUT2D eigenvalue weighted by atomic mass is 10.2. The van der Waals surface area contributed by atoms with E-state index in [4.69, 9.17) is 9.47 Å². The Morgan fingerprint density at radius 3 is 2.65 bits per heavy atom. The van der Waals surface area contributed by atoms with Crippen molar-refractivity contribution >= 4 is 22.9 Å². The number of hydrogen-bond donors (Lipinski definition) is 0. The van der Waals surface area contributed by atoms with Crippen molar-refractivity contribution in [2.45, 2.75) is 0 Å². The molecule has 0 saturated carbocycles. The number of nitrogens with zero attached hydrogens (tertiary/aromatic N) is 3. The molecule has 0 fully saturated rings. The molecular formula is C17H15N3O3. The molecule has 0 bridgehead atoms. The summed E-state index contributed by atoms with van der Waals surface area (Å²) in [5, 5.41) is 0. The molecule has 3 aromatic rings. The van der Waals surface area contributed by atoms with Crippen LogP contribution in [0.15, 0.2) is 46.2 Å². The highest BCUT2D eigenvalue weighted by atomic mass is 16.7. The highest BCUT2D eigenvalue weighted by Gasteiger charge is 2.12. The van der Waals surface area contributed by atoms with Gasteiger partial charge in [-0.1, -0.05) is 0 Å². The SMILES string of the molecule is Cn1c(=O)n(C)c2cc(N=Cc3ccc4c(c3)OCO4)ccc21. The predicted octanol–water partition coefficient (Wildman–Crippen LogP) is 2.36. The fourth-order valence-electron chi connectivity index (χ4n) is 2.72. The summed E-state index contributed by atoms with van der Waals surface area (Å²) in [7, 11) is 3.52. The minimum absolute atomic E-state index is 0.0445. The van der Waals surface area contributed by atoms with Gasteiger partial charge in [0.25, 0.3) is 0 Å². The Labute approximate surface area is 132 Å². The Bertz CT molecular complexity index is 998. The van der Waals surface area contributed by atoms with Crippen molar-refractivity contribution in [2.75, 3.05) is 6.79 Å². The maximum Gasteiger partial charge on any atom is 0.328 e. The van der Waals surface area contributed by atoms with E-state index in [1.807, 2.05) is 36.4 Å². The molecule has 0 aliphatic carbocycles. The van der Waals surface area contributed by atoms with Crippen molar-refractivity contribution < 1.29 is 9.47 Å². The first-order valence-electron chi connectivity index (χ1n) is 7.23. The predicted molar refractivity (Wildman–Crippen MR) is 88.0 cm³/mol. The van der Waals surface area contributed by atoms with E-state index in [1.54, 1.807) is 29.4 Å². The van der Waals surface area contributed by atoms with Gasteiger partial charge in [0.2, 0.25) is 6.79 Å². The molecule has 1 aliphatic heterocycles. The average Bonchev–Trinajstić information content (AvgIpc) is 3.12. The standard InChI is InChI=1S/C17H15N3O3/c1-19-13-5-4-12(8-14(13)20(2)17(19)21)18-9-11-3-6-15-16(7-11)23-10-22-15/h3-9H,10H2,1-2H3. The molecule has 23 heavy (non-hydrogen) atoms. The van der Waals surface area contributed by atoms with Crippen LogP contribution in [-0.2, 0) is 14.1 Å². The zero-order chi connectivity index (χ0) is 16.0. The molecule has 0 N–H and O–H groups in total. The van der Waals surface area contributed by atoms with Gasteiger partial charge in [0, 0.05) is 20.3 Å². The molecule has 6 nitrogen and oxygen atoms in total. The van der Waals surface area contributed by atoms with Crippen LogP contribution in [-0.4, -0.2) is 22.1 Å². The van der Waals surface area contributed by atoms with E-state index in [0.29, 0.717) is 0 Å². The number of aliphatic imine (C=N–C) groups is 1. The van der Waals surface area contributed by atoms with Crippen LogP contribution in [0.5, 0.6) is 11.5 Å². The summed E-state index contributed by atoms with van der Waals surface area (Å²) in [6, 6.07) is 11.4. The van der Waals surface area contributed by atoms with E-state index < -0.39 is 0 Å². The van der Waals surface area contributed by atoms with Crippen LogP contribution in [0.2, 0.25) is 0 Å².